The van der Waals surface area contributed by atoms with Crippen molar-refractivity contribution in [2.75, 3.05) is 33.3 Å². The molecule has 0 N–H and O–H groups in total. The maximum atomic E-state index is 13.2. The Kier molecular flexibility index (Phi) is 6.98. The van der Waals surface area contributed by atoms with Gasteiger partial charge in [-0.1, -0.05) is 60.7 Å². The predicted octanol–water partition coefficient (Wildman–Crippen LogP) is 3.93. The van der Waals surface area contributed by atoms with Crippen LogP contribution in [0.2, 0.25) is 0 Å². The monoisotopic (exact) mass is 459 g/mol. The fraction of sp³-hybridized carbons (Fsp3) is 0.231. The van der Waals surface area contributed by atoms with Crippen LogP contribution >= 0.6 is 0 Å². The van der Waals surface area contributed by atoms with Crippen molar-refractivity contribution in [2.45, 2.75) is 6.04 Å². The smallest absolute Gasteiger partial charge is 0.338 e. The number of carbonyl (C=O) groups is 2. The summed E-state index contributed by atoms with van der Waals surface area (Å²) < 4.78 is 4.68. The van der Waals surface area contributed by atoms with Gasteiger partial charge >= 0.3 is 5.97 Å². The van der Waals surface area contributed by atoms with Gasteiger partial charge in [-0.15, -0.1) is 0 Å². The van der Waals surface area contributed by atoms with Gasteiger partial charge in [0.1, 0.15) is 0 Å². The van der Waals surface area contributed by atoms with Crippen LogP contribution in [0.4, 0.5) is 5.69 Å². The maximum absolute atomic E-state index is 13.2. The highest BCUT2D eigenvalue weighted by atomic mass is 16.6. The number of benzene rings is 3. The third-order valence-electron chi connectivity index (χ3n) is 5.99. The average molecular weight is 460 g/mol. The summed E-state index contributed by atoms with van der Waals surface area (Å²) in [5.74, 6) is -1.07. The van der Waals surface area contributed by atoms with Crippen molar-refractivity contribution in [1.29, 1.82) is 0 Å². The number of amides is 1. The molecule has 174 valence electrons. The first-order valence-corrected chi connectivity index (χ1v) is 11.0. The molecule has 1 heterocycles. The summed E-state index contributed by atoms with van der Waals surface area (Å²) in [6.45, 7) is 2.20. The van der Waals surface area contributed by atoms with E-state index in [0.717, 1.165) is 6.07 Å². The number of carbonyl (C=O) groups excluding carboxylic acids is 2. The number of non-ortho nitro benzene ring substituents is 1. The highest BCUT2D eigenvalue weighted by Crippen LogP contribution is 2.30. The Balaban J connectivity index is 1.54. The molecule has 0 spiro atoms. The van der Waals surface area contributed by atoms with Crippen molar-refractivity contribution in [3.63, 3.8) is 0 Å². The highest BCUT2D eigenvalue weighted by molar-refractivity contribution is 5.99. The topological polar surface area (TPSA) is 93.0 Å². The van der Waals surface area contributed by atoms with E-state index in [4.69, 9.17) is 0 Å². The molecule has 1 saturated heterocycles. The molecule has 3 aromatic carbocycles. The number of esters is 1. The predicted molar refractivity (Wildman–Crippen MR) is 127 cm³/mol. The summed E-state index contributed by atoms with van der Waals surface area (Å²) >= 11 is 0. The zero-order valence-corrected chi connectivity index (χ0v) is 18.8. The van der Waals surface area contributed by atoms with E-state index in [9.17, 15) is 19.7 Å². The first-order valence-electron chi connectivity index (χ1n) is 11.0. The molecule has 4 rings (SSSR count). The maximum Gasteiger partial charge on any atom is 0.338 e. The molecule has 3 aromatic rings. The number of nitro groups is 1. The van der Waals surface area contributed by atoms with Crippen LogP contribution in [0.5, 0.6) is 0 Å². The molecule has 8 nitrogen and oxygen atoms in total. The molecular weight excluding hydrogens is 434 g/mol. The van der Waals surface area contributed by atoms with Gasteiger partial charge in [-0.25, -0.2) is 4.79 Å². The normalized spacial score (nSPS) is 14.1. The second-order valence-electron chi connectivity index (χ2n) is 8.07. The lowest BCUT2D eigenvalue weighted by Crippen LogP contribution is -2.49. The lowest BCUT2D eigenvalue weighted by atomic mass is 9.96. The molecule has 0 aliphatic carbocycles. The van der Waals surface area contributed by atoms with Crippen LogP contribution in [0.1, 0.15) is 37.9 Å². The first-order chi connectivity index (χ1) is 16.5. The molecule has 0 radical (unpaired) electrons. The number of nitrogens with zero attached hydrogens (tertiary/aromatic N) is 3. The quantitative estimate of drug-likeness (QED) is 0.315. The van der Waals surface area contributed by atoms with E-state index >= 15 is 0 Å². The van der Waals surface area contributed by atoms with E-state index in [1.165, 1.54) is 30.4 Å². The number of hydrogen-bond donors (Lipinski definition) is 0. The van der Waals surface area contributed by atoms with Gasteiger partial charge in [0.15, 0.2) is 0 Å². The highest BCUT2D eigenvalue weighted by Gasteiger charge is 2.29. The van der Waals surface area contributed by atoms with Gasteiger partial charge < -0.3 is 9.64 Å². The Morgan fingerprint density at radius 3 is 1.88 bits per heavy atom. The lowest BCUT2D eigenvalue weighted by Gasteiger charge is -2.39. The molecule has 1 aliphatic rings. The molecule has 34 heavy (non-hydrogen) atoms. The third kappa shape index (κ3) is 4.97. The van der Waals surface area contributed by atoms with Gasteiger partial charge in [0.05, 0.1) is 23.6 Å². The van der Waals surface area contributed by atoms with Crippen LogP contribution in [0.25, 0.3) is 0 Å². The first kappa shape index (κ1) is 23.1. The molecule has 0 aromatic heterocycles. The SMILES string of the molecule is COC(=O)c1cc(C(=O)N2CCN(C(c3ccccc3)c3ccccc3)CC2)cc([N+](=O)[O-])c1. The van der Waals surface area contributed by atoms with Gasteiger partial charge in [0.25, 0.3) is 11.6 Å². The fourth-order valence-electron chi connectivity index (χ4n) is 4.33. The van der Waals surface area contributed by atoms with Crippen molar-refractivity contribution in [2.24, 2.45) is 0 Å². The summed E-state index contributed by atoms with van der Waals surface area (Å²) in [4.78, 5) is 39.8. The van der Waals surface area contributed by atoms with Gasteiger partial charge in [0.2, 0.25) is 0 Å². The van der Waals surface area contributed by atoms with Gasteiger partial charge in [-0.2, -0.15) is 0 Å². The van der Waals surface area contributed by atoms with Gasteiger partial charge in [-0.3, -0.25) is 19.8 Å². The molecular formula is C26H25N3O5. The summed E-state index contributed by atoms with van der Waals surface area (Å²) in [6.07, 6.45) is 0. The van der Waals surface area contributed by atoms with Crippen molar-refractivity contribution >= 4 is 17.6 Å². The van der Waals surface area contributed by atoms with E-state index in [0.29, 0.717) is 26.2 Å². The van der Waals surface area contributed by atoms with Crippen molar-refractivity contribution in [1.82, 2.24) is 9.80 Å². The van der Waals surface area contributed by atoms with Crippen LogP contribution in [0.3, 0.4) is 0 Å². The zero-order valence-electron chi connectivity index (χ0n) is 18.8. The van der Waals surface area contributed by atoms with Gasteiger partial charge in [-0.05, 0) is 17.2 Å². The minimum atomic E-state index is -0.726. The molecule has 8 heteroatoms. The summed E-state index contributed by atoms with van der Waals surface area (Å²) in [6, 6.07) is 24.2. The molecule has 0 saturated carbocycles. The van der Waals surface area contributed by atoms with Crippen LogP contribution in [-0.4, -0.2) is 59.9 Å². The van der Waals surface area contributed by atoms with E-state index in [1.807, 2.05) is 36.4 Å². The number of nitro benzene ring substituents is 1. The van der Waals surface area contributed by atoms with E-state index in [2.05, 4.69) is 33.9 Å². The van der Waals surface area contributed by atoms with Crippen molar-refractivity contribution in [3.8, 4) is 0 Å². The number of ether oxygens (including phenoxy) is 1. The Morgan fingerprint density at radius 1 is 0.853 bits per heavy atom. The zero-order chi connectivity index (χ0) is 24.1. The van der Waals surface area contributed by atoms with Crippen molar-refractivity contribution < 1.29 is 19.2 Å². The number of rotatable bonds is 6. The Labute approximate surface area is 197 Å². The minimum absolute atomic E-state index is 0.0214. The van der Waals surface area contributed by atoms with Crippen molar-refractivity contribution in [3.05, 3.63) is 111 Å². The number of methoxy groups -OCH3 is 1. The number of hydrogen-bond acceptors (Lipinski definition) is 6. The average Bonchev–Trinajstić information content (AvgIpc) is 2.89. The van der Waals surface area contributed by atoms with Crippen LogP contribution in [0.15, 0.2) is 78.9 Å². The lowest BCUT2D eigenvalue weighted by molar-refractivity contribution is -0.384. The summed E-state index contributed by atoms with van der Waals surface area (Å²) in [7, 11) is 1.19. The number of piperazine rings is 1. The molecule has 0 unspecified atom stereocenters. The minimum Gasteiger partial charge on any atom is -0.465 e. The Hall–Kier alpha value is -4.04. The summed E-state index contributed by atoms with van der Waals surface area (Å²) in [5.41, 5.74) is 2.11. The van der Waals surface area contributed by atoms with Crippen LogP contribution in [-0.2, 0) is 4.74 Å². The van der Waals surface area contributed by atoms with Gasteiger partial charge in [0, 0.05) is 43.9 Å². The molecule has 1 aliphatic heterocycles. The second-order valence-corrected chi connectivity index (χ2v) is 8.07. The van der Waals surface area contributed by atoms with E-state index in [1.54, 1.807) is 4.90 Å². The Morgan fingerprint density at radius 2 is 1.38 bits per heavy atom. The largest absolute Gasteiger partial charge is 0.465 e. The molecule has 1 fully saturated rings. The third-order valence-corrected chi connectivity index (χ3v) is 5.99. The van der Waals surface area contributed by atoms with E-state index in [-0.39, 0.29) is 28.8 Å². The molecule has 0 bridgehead atoms. The van der Waals surface area contributed by atoms with E-state index < -0.39 is 10.9 Å². The van der Waals surface area contributed by atoms with Crippen LogP contribution in [0, 0.1) is 10.1 Å². The molecule has 1 amide bonds. The standard InChI is InChI=1S/C26H25N3O5/c1-34-26(31)22-16-21(17-23(18-22)29(32)33)25(30)28-14-12-27(13-15-28)24(19-8-4-2-5-9-19)20-10-6-3-7-11-20/h2-11,16-18,24H,12-15H2,1H3. The Bertz CT molecular complexity index is 1140. The van der Waals surface area contributed by atoms with Crippen LogP contribution < -0.4 is 0 Å². The summed E-state index contributed by atoms with van der Waals surface area (Å²) in [5, 5.41) is 11.3. The molecule has 0 atom stereocenters. The second kappa shape index (κ2) is 10.3. The fourth-order valence-corrected chi connectivity index (χ4v) is 4.33.